The molecule has 0 aliphatic rings. The van der Waals surface area contributed by atoms with Crippen LogP contribution in [0.2, 0.25) is 0 Å². The molecule has 1 atom stereocenters. The highest BCUT2D eigenvalue weighted by Gasteiger charge is 2.27. The van der Waals surface area contributed by atoms with E-state index >= 15 is 0 Å². The van der Waals surface area contributed by atoms with Crippen molar-refractivity contribution in [2.45, 2.75) is 37.1 Å². The first-order valence-electron chi connectivity index (χ1n) is 7.74. The predicted molar refractivity (Wildman–Crippen MR) is 96.1 cm³/mol. The molecule has 1 N–H and O–H groups in total. The van der Waals surface area contributed by atoms with Gasteiger partial charge in [-0.3, -0.25) is 14.9 Å². The summed E-state index contributed by atoms with van der Waals surface area (Å²) in [7, 11) is -3.99. The van der Waals surface area contributed by atoms with Gasteiger partial charge in [-0.05, 0) is 37.0 Å². The lowest BCUT2D eigenvalue weighted by Gasteiger charge is -2.17. The smallest absolute Gasteiger partial charge is 0.324 e. The molecule has 25 heavy (non-hydrogen) atoms. The van der Waals surface area contributed by atoms with Crippen LogP contribution in [0.5, 0.6) is 0 Å². The highest BCUT2D eigenvalue weighted by atomic mass is 32.2. The van der Waals surface area contributed by atoms with Gasteiger partial charge in [0.1, 0.15) is 6.04 Å². The van der Waals surface area contributed by atoms with Crippen LogP contribution in [-0.4, -0.2) is 44.0 Å². The Balaban J connectivity index is 2.88. The van der Waals surface area contributed by atoms with Gasteiger partial charge in [0.15, 0.2) is 0 Å². The molecule has 1 aromatic rings. The number of unbranched alkanes of at least 4 members (excludes halogenated alkanes) is 1. The van der Waals surface area contributed by atoms with Gasteiger partial charge in [0.05, 0.1) is 16.4 Å². The van der Waals surface area contributed by atoms with Crippen molar-refractivity contribution >= 4 is 33.4 Å². The van der Waals surface area contributed by atoms with Crippen molar-refractivity contribution in [3.05, 3.63) is 34.4 Å². The maximum absolute atomic E-state index is 12.4. The molecule has 0 spiro atoms. The van der Waals surface area contributed by atoms with Crippen molar-refractivity contribution in [1.29, 1.82) is 0 Å². The van der Waals surface area contributed by atoms with Gasteiger partial charge in [0.2, 0.25) is 10.0 Å². The van der Waals surface area contributed by atoms with Crippen molar-refractivity contribution in [1.82, 2.24) is 4.72 Å². The van der Waals surface area contributed by atoms with E-state index in [1.807, 2.05) is 13.2 Å². The van der Waals surface area contributed by atoms with Crippen LogP contribution >= 0.6 is 11.8 Å². The van der Waals surface area contributed by atoms with Gasteiger partial charge >= 0.3 is 5.97 Å². The number of thioether (sulfide) groups is 1. The summed E-state index contributed by atoms with van der Waals surface area (Å²) in [6.07, 6.45) is 3.70. The van der Waals surface area contributed by atoms with Crippen LogP contribution in [0.4, 0.5) is 5.69 Å². The number of sulfonamides is 1. The lowest BCUT2D eigenvalue weighted by molar-refractivity contribution is -0.384. The fourth-order valence-corrected chi connectivity index (χ4v) is 3.57. The zero-order valence-corrected chi connectivity index (χ0v) is 15.8. The van der Waals surface area contributed by atoms with E-state index in [0.29, 0.717) is 18.6 Å². The average molecular weight is 390 g/mol. The summed E-state index contributed by atoms with van der Waals surface area (Å²) in [5, 5.41) is 10.6. The molecule has 0 radical (unpaired) electrons. The van der Waals surface area contributed by atoms with Crippen molar-refractivity contribution in [3.63, 3.8) is 0 Å². The Morgan fingerprint density at radius 2 is 2.00 bits per heavy atom. The maximum Gasteiger partial charge on any atom is 0.324 e. The van der Waals surface area contributed by atoms with Crippen molar-refractivity contribution in [2.75, 3.05) is 18.6 Å². The van der Waals surface area contributed by atoms with E-state index in [1.165, 1.54) is 11.8 Å². The van der Waals surface area contributed by atoms with Gasteiger partial charge in [-0.15, -0.1) is 0 Å². The van der Waals surface area contributed by atoms with E-state index in [0.717, 1.165) is 30.7 Å². The number of benzene rings is 1. The van der Waals surface area contributed by atoms with Crippen molar-refractivity contribution < 1.29 is 22.9 Å². The van der Waals surface area contributed by atoms with Crippen LogP contribution < -0.4 is 4.72 Å². The second kappa shape index (κ2) is 10.4. The molecule has 1 rings (SSSR count). The van der Waals surface area contributed by atoms with Crippen LogP contribution in [0.3, 0.4) is 0 Å². The van der Waals surface area contributed by atoms with Gasteiger partial charge in [0, 0.05) is 12.1 Å². The minimum atomic E-state index is -3.99. The Bertz CT molecular complexity index is 676. The number of esters is 1. The summed E-state index contributed by atoms with van der Waals surface area (Å²) in [5.41, 5.74) is -0.211. The molecular formula is C15H22N2O6S2. The molecule has 0 saturated carbocycles. The highest BCUT2D eigenvalue weighted by Crippen LogP contribution is 2.17. The topological polar surface area (TPSA) is 116 Å². The fraction of sp³-hybridized carbons (Fsp3) is 0.533. The first-order valence-corrected chi connectivity index (χ1v) is 10.6. The summed E-state index contributed by atoms with van der Waals surface area (Å²) < 4.78 is 32.3. The number of carbonyl (C=O) groups is 1. The standard InChI is InChI=1S/C15H22N2O6S2/c1-3-4-10-23-15(18)14(9-11-24-2)16-25(21,22)13-7-5-12(6-8-13)17(19)20/h5-8,14,16H,3-4,9-11H2,1-2H3/t14-/m0/s1. The highest BCUT2D eigenvalue weighted by molar-refractivity contribution is 7.98. The first-order chi connectivity index (χ1) is 11.8. The number of hydrogen-bond donors (Lipinski definition) is 1. The van der Waals surface area contributed by atoms with E-state index in [9.17, 15) is 23.3 Å². The van der Waals surface area contributed by atoms with Gasteiger partial charge in [0.25, 0.3) is 5.69 Å². The second-order valence-electron chi connectivity index (χ2n) is 5.23. The Morgan fingerprint density at radius 1 is 1.36 bits per heavy atom. The van der Waals surface area contributed by atoms with E-state index in [4.69, 9.17) is 4.74 Å². The van der Waals surface area contributed by atoms with E-state index in [-0.39, 0.29) is 17.2 Å². The van der Waals surface area contributed by atoms with Crippen molar-refractivity contribution in [2.24, 2.45) is 0 Å². The SMILES string of the molecule is CCCCOC(=O)[C@H](CCSC)NS(=O)(=O)c1ccc([N+](=O)[O-])cc1. The van der Waals surface area contributed by atoms with Crippen molar-refractivity contribution in [3.8, 4) is 0 Å². The Morgan fingerprint density at radius 3 is 2.52 bits per heavy atom. The summed E-state index contributed by atoms with van der Waals surface area (Å²) in [6.45, 7) is 2.20. The zero-order chi connectivity index (χ0) is 18.9. The first kappa shape index (κ1) is 21.4. The van der Waals surface area contributed by atoms with E-state index in [1.54, 1.807) is 0 Å². The largest absolute Gasteiger partial charge is 0.465 e. The summed E-state index contributed by atoms with van der Waals surface area (Å²) in [5.74, 6) is -0.0379. The number of non-ortho nitro benzene ring substituents is 1. The van der Waals surface area contributed by atoms with Gasteiger partial charge < -0.3 is 4.74 Å². The molecule has 8 nitrogen and oxygen atoms in total. The molecular weight excluding hydrogens is 368 g/mol. The summed E-state index contributed by atoms with van der Waals surface area (Å²) in [4.78, 5) is 22.0. The van der Waals surface area contributed by atoms with E-state index in [2.05, 4.69) is 4.72 Å². The molecule has 0 unspecified atom stereocenters. The second-order valence-corrected chi connectivity index (χ2v) is 7.93. The maximum atomic E-state index is 12.4. The predicted octanol–water partition coefficient (Wildman–Crippen LogP) is 2.34. The lowest BCUT2D eigenvalue weighted by atomic mass is 10.2. The Hall–Kier alpha value is -1.65. The molecule has 140 valence electrons. The molecule has 0 aliphatic carbocycles. The minimum absolute atomic E-state index is 0.145. The number of carbonyl (C=O) groups excluding carboxylic acids is 1. The van der Waals surface area contributed by atoms with Gasteiger partial charge in [-0.1, -0.05) is 13.3 Å². The van der Waals surface area contributed by atoms with Crippen LogP contribution in [0.25, 0.3) is 0 Å². The molecule has 0 fully saturated rings. The van der Waals surface area contributed by atoms with Crippen LogP contribution in [-0.2, 0) is 19.6 Å². The third kappa shape index (κ3) is 7.00. The Labute approximate surface area is 151 Å². The molecule has 1 aromatic carbocycles. The third-order valence-electron chi connectivity index (χ3n) is 3.29. The van der Waals surface area contributed by atoms with Crippen LogP contribution in [0.15, 0.2) is 29.2 Å². The normalized spacial score (nSPS) is 12.6. The number of nitro groups is 1. The monoisotopic (exact) mass is 390 g/mol. The number of ether oxygens (including phenoxy) is 1. The third-order valence-corrected chi connectivity index (χ3v) is 5.42. The number of nitro benzene ring substituents is 1. The molecule has 0 bridgehead atoms. The summed E-state index contributed by atoms with van der Waals surface area (Å²) in [6, 6.07) is 3.48. The number of nitrogens with zero attached hydrogens (tertiary/aromatic N) is 1. The number of nitrogens with one attached hydrogen (secondary N) is 1. The van der Waals surface area contributed by atoms with Gasteiger partial charge in [-0.25, -0.2) is 8.42 Å². The summed E-state index contributed by atoms with van der Waals surface area (Å²) >= 11 is 1.49. The van der Waals surface area contributed by atoms with E-state index < -0.39 is 27.0 Å². The van der Waals surface area contributed by atoms with Crippen LogP contribution in [0.1, 0.15) is 26.2 Å². The molecule has 0 amide bonds. The fourth-order valence-electron chi connectivity index (χ4n) is 1.88. The quantitative estimate of drug-likeness (QED) is 0.267. The molecule has 0 heterocycles. The molecule has 0 aromatic heterocycles. The number of hydrogen-bond acceptors (Lipinski definition) is 7. The van der Waals surface area contributed by atoms with Gasteiger partial charge in [-0.2, -0.15) is 16.5 Å². The number of rotatable bonds is 11. The lowest BCUT2D eigenvalue weighted by Crippen LogP contribution is -2.42. The molecule has 10 heteroatoms. The molecule has 0 aliphatic heterocycles. The molecule has 0 saturated heterocycles. The average Bonchev–Trinajstić information content (AvgIpc) is 2.58. The minimum Gasteiger partial charge on any atom is -0.465 e. The van der Waals surface area contributed by atoms with Crippen LogP contribution in [0, 0.1) is 10.1 Å². The zero-order valence-electron chi connectivity index (χ0n) is 14.1. The Kier molecular flexibility index (Phi) is 8.87.